The van der Waals surface area contributed by atoms with Gasteiger partial charge in [-0.25, -0.2) is 4.98 Å². The lowest BCUT2D eigenvalue weighted by molar-refractivity contribution is 0.0913. The van der Waals surface area contributed by atoms with E-state index in [2.05, 4.69) is 4.98 Å². The van der Waals surface area contributed by atoms with Gasteiger partial charge >= 0.3 is 0 Å². The fourth-order valence-electron chi connectivity index (χ4n) is 3.34. The van der Waals surface area contributed by atoms with Crippen LogP contribution in [0.4, 0.5) is 0 Å². The van der Waals surface area contributed by atoms with Crippen molar-refractivity contribution in [2.45, 2.75) is 26.0 Å². The number of hydrogen-bond donors (Lipinski definition) is 1. The van der Waals surface area contributed by atoms with Gasteiger partial charge in [0.1, 0.15) is 23.3 Å². The Morgan fingerprint density at radius 1 is 1.16 bits per heavy atom. The minimum atomic E-state index is -0.896. The van der Waals surface area contributed by atoms with Crippen LogP contribution < -0.4 is 10.3 Å². The SMILES string of the molecule is CCC(=O)c1ccc(OCC(O)Cn2cnc3scc(-c4ccccc4)c3c2=O)cc1. The van der Waals surface area contributed by atoms with E-state index in [0.717, 1.165) is 11.1 Å². The van der Waals surface area contributed by atoms with Gasteiger partial charge in [-0.3, -0.25) is 14.2 Å². The van der Waals surface area contributed by atoms with Crippen molar-refractivity contribution in [3.8, 4) is 16.9 Å². The largest absolute Gasteiger partial charge is 0.491 e. The normalized spacial score (nSPS) is 12.1. The molecule has 7 heteroatoms. The molecular weight excluding hydrogens is 412 g/mol. The van der Waals surface area contributed by atoms with Crippen LogP contribution in [0.25, 0.3) is 21.3 Å². The highest BCUT2D eigenvalue weighted by atomic mass is 32.1. The molecule has 0 saturated carbocycles. The number of carbonyl (C=O) groups is 1. The number of carbonyl (C=O) groups excluding carboxylic acids is 1. The first-order chi connectivity index (χ1) is 15.1. The van der Waals surface area contributed by atoms with Gasteiger partial charge in [0.25, 0.3) is 5.56 Å². The molecule has 2 heterocycles. The van der Waals surface area contributed by atoms with Crippen LogP contribution in [0, 0.1) is 0 Å². The Morgan fingerprint density at radius 3 is 2.61 bits per heavy atom. The number of ketones is 1. The van der Waals surface area contributed by atoms with E-state index >= 15 is 0 Å². The summed E-state index contributed by atoms with van der Waals surface area (Å²) in [5.74, 6) is 0.619. The number of benzene rings is 2. The number of aromatic nitrogens is 2. The Morgan fingerprint density at radius 2 is 1.90 bits per heavy atom. The maximum Gasteiger partial charge on any atom is 0.262 e. The number of ether oxygens (including phenoxy) is 1. The first-order valence-electron chi connectivity index (χ1n) is 10.0. The van der Waals surface area contributed by atoms with Gasteiger partial charge in [-0.2, -0.15) is 0 Å². The summed E-state index contributed by atoms with van der Waals surface area (Å²) in [4.78, 5) is 29.8. The van der Waals surface area contributed by atoms with Crippen molar-refractivity contribution >= 4 is 27.3 Å². The molecule has 2 aromatic carbocycles. The average Bonchev–Trinajstić information content (AvgIpc) is 3.25. The van der Waals surface area contributed by atoms with Crippen molar-refractivity contribution in [2.24, 2.45) is 0 Å². The highest BCUT2D eigenvalue weighted by Crippen LogP contribution is 2.30. The molecule has 1 unspecified atom stereocenters. The minimum Gasteiger partial charge on any atom is -0.491 e. The van der Waals surface area contributed by atoms with Crippen molar-refractivity contribution < 1.29 is 14.6 Å². The van der Waals surface area contributed by atoms with Crippen LogP contribution in [0.1, 0.15) is 23.7 Å². The van der Waals surface area contributed by atoms with Crippen molar-refractivity contribution in [3.05, 3.63) is 82.2 Å². The summed E-state index contributed by atoms with van der Waals surface area (Å²) in [6.07, 6.45) is 1.01. The van der Waals surface area contributed by atoms with E-state index in [-0.39, 0.29) is 24.5 Å². The van der Waals surface area contributed by atoms with E-state index in [1.165, 1.54) is 22.2 Å². The number of thiophene rings is 1. The molecule has 0 amide bonds. The monoisotopic (exact) mass is 434 g/mol. The molecule has 0 radical (unpaired) electrons. The highest BCUT2D eigenvalue weighted by Gasteiger charge is 2.15. The molecule has 0 aliphatic heterocycles. The molecule has 0 aliphatic carbocycles. The number of aliphatic hydroxyl groups is 1. The van der Waals surface area contributed by atoms with Crippen molar-refractivity contribution in [1.82, 2.24) is 9.55 Å². The summed E-state index contributed by atoms with van der Waals surface area (Å²) in [7, 11) is 0. The molecule has 4 rings (SSSR count). The number of aliphatic hydroxyl groups excluding tert-OH is 1. The van der Waals surface area contributed by atoms with Crippen LogP contribution in [0.2, 0.25) is 0 Å². The van der Waals surface area contributed by atoms with E-state index in [0.29, 0.717) is 28.0 Å². The third-order valence-electron chi connectivity index (χ3n) is 4.99. The van der Waals surface area contributed by atoms with E-state index in [4.69, 9.17) is 4.74 Å². The molecule has 0 aliphatic rings. The number of Topliss-reactive ketones (excluding diaryl/α,β-unsaturated/α-hetero) is 1. The molecule has 1 N–H and O–H groups in total. The number of nitrogens with zero attached hydrogens (tertiary/aromatic N) is 2. The van der Waals surface area contributed by atoms with E-state index in [9.17, 15) is 14.7 Å². The van der Waals surface area contributed by atoms with E-state index in [1.54, 1.807) is 24.3 Å². The third kappa shape index (κ3) is 4.57. The van der Waals surface area contributed by atoms with Gasteiger partial charge in [0, 0.05) is 22.9 Å². The Kier molecular flexibility index (Phi) is 6.25. The Balaban J connectivity index is 1.47. The zero-order chi connectivity index (χ0) is 21.8. The van der Waals surface area contributed by atoms with Gasteiger partial charge in [-0.15, -0.1) is 11.3 Å². The summed E-state index contributed by atoms with van der Waals surface area (Å²) in [5, 5.41) is 12.9. The van der Waals surface area contributed by atoms with Crippen LogP contribution in [-0.4, -0.2) is 33.2 Å². The molecule has 0 fully saturated rings. The molecule has 31 heavy (non-hydrogen) atoms. The summed E-state index contributed by atoms with van der Waals surface area (Å²) in [5.41, 5.74) is 2.25. The van der Waals surface area contributed by atoms with E-state index in [1.807, 2.05) is 42.6 Å². The van der Waals surface area contributed by atoms with Gasteiger partial charge in [0.05, 0.1) is 18.3 Å². The fraction of sp³-hybridized carbons (Fsp3) is 0.208. The second-order valence-corrected chi connectivity index (χ2v) is 8.02. The van der Waals surface area contributed by atoms with Crippen molar-refractivity contribution in [2.75, 3.05) is 6.61 Å². The predicted octanol–water partition coefficient (Wildman–Crippen LogP) is 4.16. The zero-order valence-corrected chi connectivity index (χ0v) is 17.8. The minimum absolute atomic E-state index is 0.0146. The van der Waals surface area contributed by atoms with Crippen LogP contribution in [0.15, 0.2) is 71.1 Å². The Bertz CT molecular complexity index is 1250. The first kappa shape index (κ1) is 21.0. The lowest BCUT2D eigenvalue weighted by atomic mass is 10.1. The quantitative estimate of drug-likeness (QED) is 0.421. The summed E-state index contributed by atoms with van der Waals surface area (Å²) >= 11 is 1.43. The lowest BCUT2D eigenvalue weighted by Crippen LogP contribution is -2.30. The van der Waals surface area contributed by atoms with E-state index < -0.39 is 6.10 Å². The molecule has 0 saturated heterocycles. The van der Waals surface area contributed by atoms with Gasteiger partial charge in [0.15, 0.2) is 5.78 Å². The second kappa shape index (κ2) is 9.24. The van der Waals surface area contributed by atoms with Crippen LogP contribution in [0.5, 0.6) is 5.75 Å². The van der Waals surface area contributed by atoms with Crippen LogP contribution in [-0.2, 0) is 6.54 Å². The van der Waals surface area contributed by atoms with Crippen molar-refractivity contribution in [1.29, 1.82) is 0 Å². The molecule has 158 valence electrons. The maximum atomic E-state index is 13.1. The molecule has 0 spiro atoms. The van der Waals surface area contributed by atoms with Gasteiger partial charge in [-0.05, 0) is 29.8 Å². The van der Waals surface area contributed by atoms with Crippen molar-refractivity contribution in [3.63, 3.8) is 0 Å². The average molecular weight is 435 g/mol. The lowest BCUT2D eigenvalue weighted by Gasteiger charge is -2.14. The summed E-state index contributed by atoms with van der Waals surface area (Å²) in [6.45, 7) is 1.90. The smallest absolute Gasteiger partial charge is 0.262 e. The number of rotatable bonds is 8. The standard InChI is InChI=1S/C24H22N2O4S/c1-2-21(28)17-8-10-19(11-9-17)30-13-18(27)12-26-15-25-23-22(24(26)29)20(14-31-23)16-6-4-3-5-7-16/h3-11,14-15,18,27H,2,12-13H2,1H3. The first-order valence-corrected chi connectivity index (χ1v) is 10.9. The topological polar surface area (TPSA) is 81.4 Å². The molecular formula is C24H22N2O4S. The van der Waals surface area contributed by atoms with Crippen LogP contribution in [0.3, 0.4) is 0 Å². The maximum absolute atomic E-state index is 13.1. The van der Waals surface area contributed by atoms with Gasteiger partial charge < -0.3 is 9.84 Å². The summed E-state index contributed by atoms with van der Waals surface area (Å²) < 4.78 is 7.03. The number of fused-ring (bicyclic) bond motifs is 1. The third-order valence-corrected chi connectivity index (χ3v) is 5.88. The molecule has 2 aromatic heterocycles. The zero-order valence-electron chi connectivity index (χ0n) is 17.0. The second-order valence-electron chi connectivity index (χ2n) is 7.16. The Hall–Kier alpha value is -3.29. The number of hydrogen-bond acceptors (Lipinski definition) is 6. The highest BCUT2D eigenvalue weighted by molar-refractivity contribution is 7.17. The predicted molar refractivity (Wildman–Crippen MR) is 122 cm³/mol. The molecule has 1 atom stereocenters. The summed E-state index contributed by atoms with van der Waals surface area (Å²) in [6, 6.07) is 16.5. The Labute approximate surface area is 183 Å². The van der Waals surface area contributed by atoms with Crippen LogP contribution >= 0.6 is 11.3 Å². The van der Waals surface area contributed by atoms with Gasteiger partial charge in [-0.1, -0.05) is 37.3 Å². The molecule has 0 bridgehead atoms. The van der Waals surface area contributed by atoms with Gasteiger partial charge in [0.2, 0.25) is 0 Å². The fourth-order valence-corrected chi connectivity index (χ4v) is 4.25. The molecule has 6 nitrogen and oxygen atoms in total. The molecule has 4 aromatic rings.